The first-order valence-electron chi connectivity index (χ1n) is 4.59. The fraction of sp³-hybridized carbons (Fsp3) is 0.300. The normalized spacial score (nSPS) is 13.4. The van der Waals surface area contributed by atoms with Gasteiger partial charge >= 0.3 is 12.1 Å². The average Bonchev–Trinajstić information content (AvgIpc) is 2.15. The van der Waals surface area contributed by atoms with E-state index in [1.54, 1.807) is 0 Å². The van der Waals surface area contributed by atoms with Gasteiger partial charge in [0.15, 0.2) is 0 Å². The summed E-state index contributed by atoms with van der Waals surface area (Å²) in [7, 11) is 0. The van der Waals surface area contributed by atoms with Gasteiger partial charge in [-0.3, -0.25) is 4.79 Å². The van der Waals surface area contributed by atoms with Crippen molar-refractivity contribution in [3.8, 4) is 5.75 Å². The third kappa shape index (κ3) is 3.35. The zero-order chi connectivity index (χ0) is 13.2. The minimum Gasteiger partial charge on any atom is -0.508 e. The second-order valence-electron chi connectivity index (χ2n) is 3.48. The Morgan fingerprint density at radius 3 is 2.47 bits per heavy atom. The summed E-state index contributed by atoms with van der Waals surface area (Å²) in [6.45, 7) is 0. The van der Waals surface area contributed by atoms with E-state index < -0.39 is 35.9 Å². The summed E-state index contributed by atoms with van der Waals surface area (Å²) in [4.78, 5) is 10.4. The summed E-state index contributed by atoms with van der Waals surface area (Å²) < 4.78 is 37.2. The van der Waals surface area contributed by atoms with Gasteiger partial charge in [0, 0.05) is 11.6 Å². The Bertz CT molecular complexity index is 431. The number of carboxylic acid groups (broad SMARTS) is 1. The maximum atomic E-state index is 12.4. The number of hydrogen-bond acceptors (Lipinski definition) is 3. The first-order valence-corrected chi connectivity index (χ1v) is 4.59. The fourth-order valence-electron chi connectivity index (χ4n) is 1.33. The monoisotopic (exact) mass is 249 g/mol. The molecule has 1 rings (SSSR count). The highest BCUT2D eigenvalue weighted by Crippen LogP contribution is 2.34. The Labute approximate surface area is 94.5 Å². The maximum Gasteiger partial charge on any atom is 0.416 e. The van der Waals surface area contributed by atoms with Gasteiger partial charge in [0.05, 0.1) is 12.0 Å². The summed E-state index contributed by atoms with van der Waals surface area (Å²) in [6.07, 6.45) is -5.12. The van der Waals surface area contributed by atoms with Gasteiger partial charge < -0.3 is 15.9 Å². The van der Waals surface area contributed by atoms with E-state index >= 15 is 0 Å². The van der Waals surface area contributed by atoms with Crippen LogP contribution in [-0.2, 0) is 11.0 Å². The lowest BCUT2D eigenvalue weighted by Gasteiger charge is -2.14. The molecule has 0 aromatic heterocycles. The third-order valence-electron chi connectivity index (χ3n) is 2.15. The maximum absolute atomic E-state index is 12.4. The number of aliphatic carboxylic acids is 1. The molecule has 1 aromatic carbocycles. The van der Waals surface area contributed by atoms with Crippen molar-refractivity contribution < 1.29 is 28.2 Å². The summed E-state index contributed by atoms with van der Waals surface area (Å²) in [5.41, 5.74) is 4.19. The highest BCUT2D eigenvalue weighted by Gasteiger charge is 2.31. The van der Waals surface area contributed by atoms with E-state index in [1.165, 1.54) is 0 Å². The number of benzene rings is 1. The second kappa shape index (κ2) is 4.62. The Balaban J connectivity index is 3.10. The number of aromatic hydroxyl groups is 1. The Morgan fingerprint density at radius 1 is 1.41 bits per heavy atom. The van der Waals surface area contributed by atoms with Crippen LogP contribution in [0.2, 0.25) is 0 Å². The van der Waals surface area contributed by atoms with E-state index in [2.05, 4.69) is 0 Å². The number of alkyl halides is 3. The van der Waals surface area contributed by atoms with Gasteiger partial charge in [-0.25, -0.2) is 0 Å². The summed E-state index contributed by atoms with van der Waals surface area (Å²) in [5.74, 6) is -1.71. The van der Waals surface area contributed by atoms with Crippen LogP contribution in [0.5, 0.6) is 5.75 Å². The predicted octanol–water partition coefficient (Wildman–Crippen LogP) is 1.89. The molecule has 7 heteroatoms. The highest BCUT2D eigenvalue weighted by atomic mass is 19.4. The van der Waals surface area contributed by atoms with Gasteiger partial charge in [0.25, 0.3) is 0 Å². The molecule has 1 aromatic rings. The summed E-state index contributed by atoms with van der Waals surface area (Å²) in [6, 6.07) is 1.02. The van der Waals surface area contributed by atoms with Crippen molar-refractivity contribution in [3.05, 3.63) is 29.3 Å². The molecule has 0 fully saturated rings. The van der Waals surface area contributed by atoms with Crippen LogP contribution in [0.3, 0.4) is 0 Å². The van der Waals surface area contributed by atoms with Crippen molar-refractivity contribution in [2.24, 2.45) is 5.73 Å². The van der Waals surface area contributed by atoms with Gasteiger partial charge in [-0.05, 0) is 18.2 Å². The molecule has 1 atom stereocenters. The predicted molar refractivity (Wildman–Crippen MR) is 52.3 cm³/mol. The Morgan fingerprint density at radius 2 is 2.00 bits per heavy atom. The lowest BCUT2D eigenvalue weighted by molar-refractivity contribution is -0.138. The molecule has 0 amide bonds. The smallest absolute Gasteiger partial charge is 0.416 e. The molecule has 0 spiro atoms. The number of hydrogen-bond donors (Lipinski definition) is 3. The van der Waals surface area contributed by atoms with E-state index in [-0.39, 0.29) is 5.56 Å². The quantitative estimate of drug-likeness (QED) is 0.763. The van der Waals surface area contributed by atoms with Crippen LogP contribution in [0.25, 0.3) is 0 Å². The number of halogens is 3. The molecule has 4 nitrogen and oxygen atoms in total. The molecule has 0 saturated heterocycles. The van der Waals surface area contributed by atoms with Crippen LogP contribution in [0.15, 0.2) is 18.2 Å². The molecule has 0 saturated carbocycles. The van der Waals surface area contributed by atoms with Gasteiger partial charge in [-0.2, -0.15) is 13.2 Å². The molecular formula is C10H10F3NO3. The third-order valence-corrected chi connectivity index (χ3v) is 2.15. The zero-order valence-corrected chi connectivity index (χ0v) is 8.53. The molecule has 0 aliphatic carbocycles. The molecule has 17 heavy (non-hydrogen) atoms. The second-order valence-corrected chi connectivity index (χ2v) is 3.48. The number of phenols is 1. The minimum absolute atomic E-state index is 0.234. The number of rotatable bonds is 3. The molecule has 1 unspecified atom stereocenters. The SMILES string of the molecule is NC(CC(=O)O)c1cc(C(F)(F)F)ccc1O. The lowest BCUT2D eigenvalue weighted by atomic mass is 10.0. The largest absolute Gasteiger partial charge is 0.508 e. The van der Waals surface area contributed by atoms with E-state index in [0.717, 1.165) is 6.07 Å². The van der Waals surface area contributed by atoms with Crippen molar-refractivity contribution in [2.75, 3.05) is 0 Å². The van der Waals surface area contributed by atoms with E-state index in [1.807, 2.05) is 0 Å². The van der Waals surface area contributed by atoms with Gasteiger partial charge in [0.1, 0.15) is 5.75 Å². The fourth-order valence-corrected chi connectivity index (χ4v) is 1.33. The van der Waals surface area contributed by atoms with E-state index in [4.69, 9.17) is 10.8 Å². The van der Waals surface area contributed by atoms with Crippen molar-refractivity contribution in [1.29, 1.82) is 0 Å². The molecule has 0 bridgehead atoms. The number of carbonyl (C=O) groups is 1. The molecule has 0 aliphatic heterocycles. The van der Waals surface area contributed by atoms with Gasteiger partial charge in [-0.1, -0.05) is 0 Å². The van der Waals surface area contributed by atoms with Crippen LogP contribution < -0.4 is 5.73 Å². The summed E-state index contributed by atoms with van der Waals surface area (Å²) >= 11 is 0. The zero-order valence-electron chi connectivity index (χ0n) is 8.53. The summed E-state index contributed by atoms with van der Waals surface area (Å²) in [5, 5.41) is 17.8. The van der Waals surface area contributed by atoms with E-state index in [0.29, 0.717) is 12.1 Å². The van der Waals surface area contributed by atoms with Gasteiger partial charge in [-0.15, -0.1) is 0 Å². The highest BCUT2D eigenvalue weighted by molar-refractivity contribution is 5.68. The average molecular weight is 249 g/mol. The van der Waals surface area contributed by atoms with Crippen LogP contribution >= 0.6 is 0 Å². The first-order chi connectivity index (χ1) is 7.71. The van der Waals surface area contributed by atoms with Crippen LogP contribution in [0.4, 0.5) is 13.2 Å². The van der Waals surface area contributed by atoms with Crippen molar-refractivity contribution in [3.63, 3.8) is 0 Å². The molecule has 94 valence electrons. The Hall–Kier alpha value is -1.76. The van der Waals surface area contributed by atoms with E-state index in [9.17, 15) is 23.1 Å². The number of nitrogens with two attached hydrogens (primary N) is 1. The van der Waals surface area contributed by atoms with Crippen LogP contribution in [-0.4, -0.2) is 16.2 Å². The number of phenolic OH excluding ortho intramolecular Hbond substituents is 1. The number of carboxylic acids is 1. The van der Waals surface area contributed by atoms with Crippen molar-refractivity contribution in [2.45, 2.75) is 18.6 Å². The first kappa shape index (κ1) is 13.3. The standard InChI is InChI=1S/C10H10F3NO3/c11-10(12,13)5-1-2-8(15)6(3-5)7(14)4-9(16)17/h1-3,7,15H,4,14H2,(H,16,17). The van der Waals surface area contributed by atoms with Crippen molar-refractivity contribution in [1.82, 2.24) is 0 Å². The lowest BCUT2D eigenvalue weighted by Crippen LogP contribution is -2.16. The van der Waals surface area contributed by atoms with Crippen LogP contribution in [0, 0.1) is 0 Å². The topological polar surface area (TPSA) is 83.6 Å². The molecule has 0 aliphatic rings. The minimum atomic E-state index is -4.56. The van der Waals surface area contributed by atoms with Gasteiger partial charge in [0.2, 0.25) is 0 Å². The molecule has 4 N–H and O–H groups in total. The molecule has 0 heterocycles. The van der Waals surface area contributed by atoms with Crippen LogP contribution in [0.1, 0.15) is 23.6 Å². The Kier molecular flexibility index (Phi) is 3.62. The molecular weight excluding hydrogens is 239 g/mol. The van der Waals surface area contributed by atoms with Crippen molar-refractivity contribution >= 4 is 5.97 Å². The molecule has 0 radical (unpaired) electrons.